The predicted octanol–water partition coefficient (Wildman–Crippen LogP) is 4.27. The van der Waals surface area contributed by atoms with Crippen molar-refractivity contribution in [3.63, 3.8) is 0 Å². The van der Waals surface area contributed by atoms with Gasteiger partial charge < -0.3 is 15.5 Å². The van der Waals surface area contributed by atoms with Crippen LogP contribution in [0.1, 0.15) is 44.7 Å². The van der Waals surface area contributed by atoms with E-state index in [0.717, 1.165) is 29.7 Å². The average molecular weight is 485 g/mol. The number of thiocarbonyl (C=S) groups is 1. The molecule has 0 aliphatic heterocycles. The van der Waals surface area contributed by atoms with Crippen LogP contribution in [0.3, 0.4) is 0 Å². The first kappa shape index (κ1) is 22.6. The molecule has 2 amide bonds. The molecule has 0 saturated carbocycles. The SMILES string of the molecule is C[C@@H]1CCc2c(sc(NC(=S)NC(=O)c3ccc(-c4ccccc4[N+](=O)[O-])o3)c2C(N)=O)C1. The van der Waals surface area contributed by atoms with Crippen LogP contribution in [0.25, 0.3) is 11.3 Å². The summed E-state index contributed by atoms with van der Waals surface area (Å²) in [5.74, 6) is -0.541. The van der Waals surface area contributed by atoms with Crippen LogP contribution in [0.4, 0.5) is 10.7 Å². The van der Waals surface area contributed by atoms with Crippen molar-refractivity contribution in [1.82, 2.24) is 5.32 Å². The molecule has 4 rings (SSSR count). The number of nitro benzene ring substituents is 1. The number of rotatable bonds is 5. The van der Waals surface area contributed by atoms with Gasteiger partial charge in [-0.15, -0.1) is 11.3 Å². The van der Waals surface area contributed by atoms with E-state index >= 15 is 0 Å². The molecule has 3 aromatic rings. The number of thiophene rings is 1. The Hall–Kier alpha value is -3.57. The Morgan fingerprint density at radius 2 is 2.03 bits per heavy atom. The molecule has 1 aromatic carbocycles. The highest BCUT2D eigenvalue weighted by atomic mass is 32.1. The summed E-state index contributed by atoms with van der Waals surface area (Å²) in [7, 11) is 0. The molecule has 4 N–H and O–H groups in total. The molecular weight excluding hydrogens is 464 g/mol. The van der Waals surface area contributed by atoms with Crippen molar-refractivity contribution in [2.45, 2.75) is 26.2 Å². The fraction of sp³-hybridized carbons (Fsp3) is 0.227. The van der Waals surface area contributed by atoms with E-state index in [1.54, 1.807) is 12.1 Å². The lowest BCUT2D eigenvalue weighted by atomic mass is 9.88. The summed E-state index contributed by atoms with van der Waals surface area (Å²) in [4.78, 5) is 36.5. The van der Waals surface area contributed by atoms with E-state index in [1.807, 2.05) is 0 Å². The molecule has 2 heterocycles. The first-order valence-electron chi connectivity index (χ1n) is 10.1. The number of amides is 2. The number of fused-ring (bicyclic) bond motifs is 1. The number of nitrogens with zero attached hydrogens (tertiary/aromatic N) is 1. The van der Waals surface area contributed by atoms with Gasteiger partial charge in [-0.05, 0) is 61.2 Å². The highest BCUT2D eigenvalue weighted by molar-refractivity contribution is 7.80. The Labute approximate surface area is 198 Å². The second-order valence-corrected chi connectivity index (χ2v) is 9.28. The van der Waals surface area contributed by atoms with Gasteiger partial charge in [-0.2, -0.15) is 0 Å². The quantitative estimate of drug-likeness (QED) is 0.279. The third-order valence-electron chi connectivity index (χ3n) is 5.41. The summed E-state index contributed by atoms with van der Waals surface area (Å²) in [6, 6.07) is 8.97. The molecule has 0 saturated heterocycles. The smallest absolute Gasteiger partial charge is 0.293 e. The Bertz CT molecular complexity index is 1280. The minimum atomic E-state index is -0.632. The van der Waals surface area contributed by atoms with E-state index in [1.165, 1.54) is 35.6 Å². The fourth-order valence-electron chi connectivity index (χ4n) is 3.84. The first-order chi connectivity index (χ1) is 15.7. The second-order valence-electron chi connectivity index (χ2n) is 7.77. The van der Waals surface area contributed by atoms with Crippen LogP contribution < -0.4 is 16.4 Å². The van der Waals surface area contributed by atoms with Gasteiger partial charge in [0.2, 0.25) is 0 Å². The first-order valence-corrected chi connectivity index (χ1v) is 11.4. The Morgan fingerprint density at radius 1 is 1.27 bits per heavy atom. The Morgan fingerprint density at radius 3 is 2.76 bits per heavy atom. The average Bonchev–Trinajstić information content (AvgIpc) is 3.38. The number of carbonyl (C=O) groups is 2. The van der Waals surface area contributed by atoms with Crippen LogP contribution in [0.2, 0.25) is 0 Å². The number of para-hydroxylation sites is 1. The highest BCUT2D eigenvalue weighted by Crippen LogP contribution is 2.39. The lowest BCUT2D eigenvalue weighted by Gasteiger charge is -2.18. The highest BCUT2D eigenvalue weighted by Gasteiger charge is 2.27. The summed E-state index contributed by atoms with van der Waals surface area (Å²) in [5.41, 5.74) is 7.09. The zero-order valence-corrected chi connectivity index (χ0v) is 19.2. The summed E-state index contributed by atoms with van der Waals surface area (Å²) < 4.78 is 5.54. The maximum atomic E-state index is 12.6. The van der Waals surface area contributed by atoms with E-state index in [4.69, 9.17) is 22.4 Å². The van der Waals surface area contributed by atoms with Crippen molar-refractivity contribution in [2.24, 2.45) is 11.7 Å². The summed E-state index contributed by atoms with van der Waals surface area (Å²) >= 11 is 6.67. The molecule has 9 nitrogen and oxygen atoms in total. The van der Waals surface area contributed by atoms with Crippen LogP contribution >= 0.6 is 23.6 Å². The zero-order valence-electron chi connectivity index (χ0n) is 17.5. The molecule has 0 bridgehead atoms. The molecule has 2 aromatic heterocycles. The number of benzene rings is 1. The third kappa shape index (κ3) is 4.64. The van der Waals surface area contributed by atoms with Crippen molar-refractivity contribution in [1.29, 1.82) is 0 Å². The van der Waals surface area contributed by atoms with Gasteiger partial charge in [0.25, 0.3) is 17.5 Å². The van der Waals surface area contributed by atoms with Crippen molar-refractivity contribution in [3.8, 4) is 11.3 Å². The lowest BCUT2D eigenvalue weighted by Crippen LogP contribution is -2.34. The summed E-state index contributed by atoms with van der Waals surface area (Å²) in [5, 5.41) is 17.2. The van der Waals surface area contributed by atoms with Crippen LogP contribution in [0.5, 0.6) is 0 Å². The Kier molecular flexibility index (Phi) is 6.25. The van der Waals surface area contributed by atoms with Gasteiger partial charge in [-0.1, -0.05) is 19.1 Å². The van der Waals surface area contributed by atoms with Crippen LogP contribution in [-0.4, -0.2) is 21.9 Å². The van der Waals surface area contributed by atoms with Gasteiger partial charge >= 0.3 is 0 Å². The fourth-order valence-corrected chi connectivity index (χ4v) is 5.52. The number of hydrogen-bond donors (Lipinski definition) is 3. The maximum absolute atomic E-state index is 12.6. The molecule has 1 aliphatic rings. The largest absolute Gasteiger partial charge is 0.451 e. The van der Waals surface area contributed by atoms with E-state index in [-0.39, 0.29) is 27.9 Å². The van der Waals surface area contributed by atoms with E-state index in [0.29, 0.717) is 16.5 Å². The number of anilines is 1. The van der Waals surface area contributed by atoms with Gasteiger partial charge in [0, 0.05) is 10.9 Å². The minimum absolute atomic E-state index is 0.0159. The molecule has 1 atom stereocenters. The summed E-state index contributed by atoms with van der Waals surface area (Å²) in [6.07, 6.45) is 2.61. The molecule has 1 aliphatic carbocycles. The van der Waals surface area contributed by atoms with Crippen LogP contribution in [-0.2, 0) is 12.8 Å². The van der Waals surface area contributed by atoms with Crippen LogP contribution in [0, 0.1) is 16.0 Å². The van der Waals surface area contributed by atoms with Gasteiger partial charge in [0.1, 0.15) is 10.8 Å². The van der Waals surface area contributed by atoms with Crippen LogP contribution in [0.15, 0.2) is 40.8 Å². The molecule has 0 unspecified atom stereocenters. The molecule has 0 spiro atoms. The number of hydrogen-bond acceptors (Lipinski definition) is 7. The van der Waals surface area contributed by atoms with Gasteiger partial charge in [-0.3, -0.25) is 25.0 Å². The number of primary amides is 1. The molecular formula is C22H20N4O5S2. The standard InChI is InChI=1S/C22H20N4O5S2/c1-11-6-7-13-17(10-11)33-21(18(13)19(23)27)25-22(32)24-20(28)16-9-8-15(31-16)12-4-2-3-5-14(12)26(29)30/h2-5,8-9,11H,6-7,10H2,1H3,(H2,23,27)(H2,24,25,28,32)/t11-/m1/s1. The predicted molar refractivity (Wildman–Crippen MR) is 129 cm³/mol. The van der Waals surface area contributed by atoms with Gasteiger partial charge in [0.05, 0.1) is 16.1 Å². The number of carbonyl (C=O) groups excluding carboxylic acids is 2. The molecule has 33 heavy (non-hydrogen) atoms. The van der Waals surface area contributed by atoms with Crippen molar-refractivity contribution in [2.75, 3.05) is 5.32 Å². The lowest BCUT2D eigenvalue weighted by molar-refractivity contribution is -0.384. The minimum Gasteiger partial charge on any atom is -0.451 e. The van der Waals surface area contributed by atoms with Gasteiger partial charge in [0.15, 0.2) is 10.9 Å². The van der Waals surface area contributed by atoms with Crippen molar-refractivity contribution < 1.29 is 18.9 Å². The van der Waals surface area contributed by atoms with E-state index < -0.39 is 16.7 Å². The molecule has 0 radical (unpaired) electrons. The molecule has 11 heteroatoms. The second kappa shape index (κ2) is 9.12. The summed E-state index contributed by atoms with van der Waals surface area (Å²) in [6.45, 7) is 2.16. The van der Waals surface area contributed by atoms with Gasteiger partial charge in [-0.25, -0.2) is 0 Å². The molecule has 0 fully saturated rings. The zero-order chi connectivity index (χ0) is 23.7. The number of nitrogens with two attached hydrogens (primary N) is 1. The normalized spacial score (nSPS) is 14.9. The molecule has 170 valence electrons. The number of nitrogens with one attached hydrogen (secondary N) is 2. The van der Waals surface area contributed by atoms with Crippen molar-refractivity contribution >= 4 is 51.2 Å². The number of nitro groups is 1. The monoisotopic (exact) mass is 484 g/mol. The maximum Gasteiger partial charge on any atom is 0.293 e. The van der Waals surface area contributed by atoms with E-state index in [9.17, 15) is 19.7 Å². The Balaban J connectivity index is 1.49. The third-order valence-corrected chi connectivity index (χ3v) is 6.78. The van der Waals surface area contributed by atoms with Crippen molar-refractivity contribution in [3.05, 3.63) is 68.3 Å². The van der Waals surface area contributed by atoms with E-state index in [2.05, 4.69) is 17.6 Å². The topological polar surface area (TPSA) is 140 Å². The number of furan rings is 1.